The van der Waals surface area contributed by atoms with Crippen molar-refractivity contribution in [1.82, 2.24) is 0 Å². The number of carbonyl (C=O) groups is 2. The zero-order valence-electron chi connectivity index (χ0n) is 13.4. The maximum atomic E-state index is 13.2. The van der Waals surface area contributed by atoms with E-state index in [1.54, 1.807) is 11.3 Å². The third-order valence-corrected chi connectivity index (χ3v) is 4.26. The van der Waals surface area contributed by atoms with Crippen molar-refractivity contribution in [3.8, 4) is 0 Å². The van der Waals surface area contributed by atoms with Crippen LogP contribution in [-0.2, 0) is 22.2 Å². The minimum absolute atomic E-state index is 0.0236. The quantitative estimate of drug-likeness (QED) is 0.775. The van der Waals surface area contributed by atoms with Crippen LogP contribution >= 0.6 is 11.3 Å². The Bertz CT molecular complexity index is 743. The van der Waals surface area contributed by atoms with E-state index in [4.69, 9.17) is 0 Å². The molecule has 0 bridgehead atoms. The highest BCUT2D eigenvalue weighted by molar-refractivity contribution is 7.09. The lowest BCUT2D eigenvalue weighted by atomic mass is 10.1. The Kier molecular flexibility index (Phi) is 6.19. The predicted octanol–water partition coefficient (Wildman–Crippen LogP) is 4.69. The average Bonchev–Trinajstić information content (AvgIpc) is 3.00. The van der Waals surface area contributed by atoms with E-state index in [-0.39, 0.29) is 17.8 Å². The summed E-state index contributed by atoms with van der Waals surface area (Å²) in [6.07, 6.45) is -3.26. The SMILES string of the molecule is CC(=O)Nc1ccc(NC(=O)CCCc2cccs2)c(C(F)(F)F)c1. The number of benzene rings is 1. The molecular formula is C17H17F3N2O2S. The van der Waals surface area contributed by atoms with Gasteiger partial charge in [-0.05, 0) is 42.5 Å². The van der Waals surface area contributed by atoms with Crippen molar-refractivity contribution in [2.24, 2.45) is 0 Å². The third kappa shape index (κ3) is 5.90. The van der Waals surface area contributed by atoms with Gasteiger partial charge in [0.1, 0.15) is 0 Å². The Morgan fingerprint density at radius 3 is 2.52 bits per heavy atom. The molecule has 0 unspecified atom stereocenters. The van der Waals surface area contributed by atoms with Gasteiger partial charge in [0.05, 0.1) is 11.3 Å². The first-order chi connectivity index (χ1) is 11.8. The van der Waals surface area contributed by atoms with Gasteiger partial charge < -0.3 is 10.6 Å². The van der Waals surface area contributed by atoms with Crippen LogP contribution in [0.5, 0.6) is 0 Å². The Hall–Kier alpha value is -2.35. The van der Waals surface area contributed by atoms with Crippen LogP contribution < -0.4 is 10.6 Å². The van der Waals surface area contributed by atoms with Gasteiger partial charge in [-0.1, -0.05) is 6.07 Å². The number of nitrogens with one attached hydrogen (secondary N) is 2. The van der Waals surface area contributed by atoms with Crippen LogP contribution in [0.3, 0.4) is 0 Å². The summed E-state index contributed by atoms with van der Waals surface area (Å²) in [5.41, 5.74) is -1.29. The van der Waals surface area contributed by atoms with Crippen molar-refractivity contribution in [2.75, 3.05) is 10.6 Å². The molecule has 25 heavy (non-hydrogen) atoms. The number of carbonyl (C=O) groups excluding carboxylic acids is 2. The lowest BCUT2D eigenvalue weighted by molar-refractivity contribution is -0.137. The number of hydrogen-bond donors (Lipinski definition) is 2. The Balaban J connectivity index is 2.04. The number of amides is 2. The molecular weight excluding hydrogens is 353 g/mol. The van der Waals surface area contributed by atoms with Crippen molar-refractivity contribution in [3.63, 3.8) is 0 Å². The van der Waals surface area contributed by atoms with Gasteiger partial charge in [-0.3, -0.25) is 9.59 Å². The lowest BCUT2D eigenvalue weighted by Crippen LogP contribution is -2.17. The number of halogens is 3. The Morgan fingerprint density at radius 1 is 1.16 bits per heavy atom. The van der Waals surface area contributed by atoms with Crippen LogP contribution in [0.1, 0.15) is 30.2 Å². The predicted molar refractivity (Wildman–Crippen MR) is 91.6 cm³/mol. The van der Waals surface area contributed by atoms with Gasteiger partial charge in [0.2, 0.25) is 11.8 Å². The standard InChI is InChI=1S/C17H17F3N2O2S/c1-11(23)21-12-7-8-15(14(10-12)17(18,19)20)22-16(24)6-2-4-13-5-3-9-25-13/h3,5,7-10H,2,4,6H2,1H3,(H,21,23)(H,22,24). The number of alkyl halides is 3. The van der Waals surface area contributed by atoms with E-state index in [9.17, 15) is 22.8 Å². The van der Waals surface area contributed by atoms with Gasteiger partial charge in [-0.2, -0.15) is 13.2 Å². The molecule has 1 aromatic carbocycles. The maximum Gasteiger partial charge on any atom is 0.418 e. The molecule has 0 aliphatic heterocycles. The molecule has 0 saturated carbocycles. The molecule has 2 amide bonds. The van der Waals surface area contributed by atoms with Crippen LogP contribution in [0, 0.1) is 0 Å². The molecule has 1 heterocycles. The zero-order chi connectivity index (χ0) is 18.4. The zero-order valence-corrected chi connectivity index (χ0v) is 14.3. The first-order valence-corrected chi connectivity index (χ1v) is 8.45. The Morgan fingerprint density at radius 2 is 1.92 bits per heavy atom. The molecule has 2 N–H and O–H groups in total. The van der Waals surface area contributed by atoms with E-state index in [1.165, 1.54) is 13.0 Å². The largest absolute Gasteiger partial charge is 0.418 e. The summed E-state index contributed by atoms with van der Waals surface area (Å²) in [6.45, 7) is 1.20. The van der Waals surface area contributed by atoms with Crippen molar-refractivity contribution < 1.29 is 22.8 Å². The van der Waals surface area contributed by atoms with Gasteiger partial charge in [-0.15, -0.1) is 11.3 Å². The molecule has 0 spiro atoms. The number of rotatable bonds is 6. The fourth-order valence-electron chi connectivity index (χ4n) is 2.26. The molecule has 0 aliphatic rings. The molecule has 0 aliphatic carbocycles. The number of aryl methyl sites for hydroxylation is 1. The summed E-state index contributed by atoms with van der Waals surface area (Å²) in [5, 5.41) is 6.54. The van der Waals surface area contributed by atoms with Crippen molar-refractivity contribution in [1.29, 1.82) is 0 Å². The van der Waals surface area contributed by atoms with E-state index in [2.05, 4.69) is 10.6 Å². The normalized spacial score (nSPS) is 11.2. The summed E-state index contributed by atoms with van der Waals surface area (Å²) >= 11 is 1.58. The summed E-state index contributed by atoms with van der Waals surface area (Å²) in [7, 11) is 0. The second-order valence-corrected chi connectivity index (χ2v) is 6.45. The molecule has 0 saturated heterocycles. The van der Waals surface area contributed by atoms with Gasteiger partial charge in [0.15, 0.2) is 0 Å². The van der Waals surface area contributed by atoms with Crippen LogP contribution in [-0.4, -0.2) is 11.8 Å². The molecule has 8 heteroatoms. The van der Waals surface area contributed by atoms with E-state index < -0.39 is 23.6 Å². The van der Waals surface area contributed by atoms with Crippen LogP contribution in [0.4, 0.5) is 24.5 Å². The maximum absolute atomic E-state index is 13.2. The third-order valence-electron chi connectivity index (χ3n) is 3.33. The highest BCUT2D eigenvalue weighted by atomic mass is 32.1. The number of thiophene rings is 1. The van der Waals surface area contributed by atoms with Gasteiger partial charge >= 0.3 is 6.18 Å². The molecule has 4 nitrogen and oxygen atoms in total. The Labute approximate surface area is 147 Å². The monoisotopic (exact) mass is 370 g/mol. The van der Waals surface area contributed by atoms with E-state index >= 15 is 0 Å². The molecule has 0 radical (unpaired) electrons. The van der Waals surface area contributed by atoms with Crippen LogP contribution in [0.15, 0.2) is 35.7 Å². The van der Waals surface area contributed by atoms with Crippen molar-refractivity contribution in [2.45, 2.75) is 32.4 Å². The topological polar surface area (TPSA) is 58.2 Å². The van der Waals surface area contributed by atoms with Gasteiger partial charge in [0, 0.05) is 23.9 Å². The fourth-order valence-corrected chi connectivity index (χ4v) is 3.01. The highest BCUT2D eigenvalue weighted by Crippen LogP contribution is 2.36. The summed E-state index contributed by atoms with van der Waals surface area (Å²) < 4.78 is 39.6. The minimum atomic E-state index is -4.64. The lowest BCUT2D eigenvalue weighted by Gasteiger charge is -2.15. The van der Waals surface area contributed by atoms with Gasteiger partial charge in [0.25, 0.3) is 0 Å². The number of hydrogen-bond acceptors (Lipinski definition) is 3. The molecule has 1 aromatic heterocycles. The van der Waals surface area contributed by atoms with E-state index in [1.807, 2.05) is 17.5 Å². The molecule has 2 rings (SSSR count). The molecule has 0 atom stereocenters. The second kappa shape index (κ2) is 8.15. The average molecular weight is 370 g/mol. The first kappa shape index (κ1) is 19.0. The minimum Gasteiger partial charge on any atom is -0.326 e. The van der Waals surface area contributed by atoms with Gasteiger partial charge in [-0.25, -0.2) is 0 Å². The van der Waals surface area contributed by atoms with E-state index in [0.717, 1.165) is 17.0 Å². The highest BCUT2D eigenvalue weighted by Gasteiger charge is 2.34. The smallest absolute Gasteiger partial charge is 0.326 e. The van der Waals surface area contributed by atoms with Crippen molar-refractivity contribution in [3.05, 3.63) is 46.2 Å². The van der Waals surface area contributed by atoms with E-state index in [0.29, 0.717) is 12.8 Å². The summed E-state index contributed by atoms with van der Waals surface area (Å²) in [6, 6.07) is 7.13. The van der Waals surface area contributed by atoms with Crippen LogP contribution in [0.2, 0.25) is 0 Å². The van der Waals surface area contributed by atoms with Crippen LogP contribution in [0.25, 0.3) is 0 Å². The molecule has 0 fully saturated rings. The van der Waals surface area contributed by atoms with Crippen molar-refractivity contribution >= 4 is 34.5 Å². The first-order valence-electron chi connectivity index (χ1n) is 7.57. The number of anilines is 2. The molecule has 134 valence electrons. The second-order valence-electron chi connectivity index (χ2n) is 5.42. The summed E-state index contributed by atoms with van der Waals surface area (Å²) in [4.78, 5) is 24.1. The molecule has 2 aromatic rings. The summed E-state index contributed by atoms with van der Waals surface area (Å²) in [5.74, 6) is -0.951. The fraction of sp³-hybridized carbons (Fsp3) is 0.294.